The van der Waals surface area contributed by atoms with Gasteiger partial charge in [-0.05, 0) is 31.9 Å². The molecular formula is C13H15N3. The van der Waals surface area contributed by atoms with Crippen LogP contribution < -0.4 is 5.73 Å². The fraction of sp³-hybridized carbons (Fsp3) is 0.308. The Balaban J connectivity index is 1.95. The smallest absolute Gasteiger partial charge is 0.0996 e. The summed E-state index contributed by atoms with van der Waals surface area (Å²) < 4.78 is 2.03. The lowest BCUT2D eigenvalue weighted by Crippen LogP contribution is -2.18. The largest absolute Gasteiger partial charge is 0.320 e. The maximum absolute atomic E-state index is 6.11. The van der Waals surface area contributed by atoms with E-state index in [2.05, 4.69) is 36.2 Å². The normalized spacial score (nSPS) is 17.4. The summed E-state index contributed by atoms with van der Waals surface area (Å²) in [6.45, 7) is 2.09. The minimum Gasteiger partial charge on any atom is -0.320 e. The quantitative estimate of drug-likeness (QED) is 0.830. The number of imidazole rings is 1. The van der Waals surface area contributed by atoms with E-state index in [1.807, 2.05) is 17.1 Å². The van der Waals surface area contributed by atoms with Gasteiger partial charge >= 0.3 is 0 Å². The van der Waals surface area contributed by atoms with Gasteiger partial charge < -0.3 is 10.3 Å². The molecule has 0 amide bonds. The number of nitrogens with zero attached hydrogens (tertiary/aromatic N) is 2. The Kier molecular flexibility index (Phi) is 1.91. The van der Waals surface area contributed by atoms with Crippen LogP contribution in [0.25, 0.3) is 5.69 Å². The molecule has 3 rings (SSSR count). The Hall–Kier alpha value is -1.61. The molecule has 0 aliphatic heterocycles. The van der Waals surface area contributed by atoms with Crippen LogP contribution in [0.4, 0.5) is 0 Å². The Morgan fingerprint density at radius 2 is 1.94 bits per heavy atom. The molecular weight excluding hydrogens is 198 g/mol. The molecule has 2 aromatic rings. The predicted molar refractivity (Wildman–Crippen MR) is 63.4 cm³/mol. The van der Waals surface area contributed by atoms with Gasteiger partial charge in [0.1, 0.15) is 0 Å². The van der Waals surface area contributed by atoms with E-state index in [1.165, 1.54) is 5.56 Å². The molecule has 3 nitrogen and oxygen atoms in total. The van der Waals surface area contributed by atoms with Crippen LogP contribution in [-0.2, 0) is 5.54 Å². The molecule has 1 fully saturated rings. The van der Waals surface area contributed by atoms with Crippen molar-refractivity contribution in [3.05, 3.63) is 48.0 Å². The topological polar surface area (TPSA) is 43.8 Å². The van der Waals surface area contributed by atoms with Crippen molar-refractivity contribution in [2.45, 2.75) is 25.3 Å². The van der Waals surface area contributed by atoms with Crippen molar-refractivity contribution in [2.24, 2.45) is 5.73 Å². The second kappa shape index (κ2) is 3.19. The van der Waals surface area contributed by atoms with Crippen molar-refractivity contribution >= 4 is 0 Å². The molecule has 0 unspecified atom stereocenters. The highest BCUT2D eigenvalue weighted by Gasteiger charge is 2.42. The average molecular weight is 213 g/mol. The van der Waals surface area contributed by atoms with E-state index in [1.54, 1.807) is 0 Å². The minimum absolute atomic E-state index is 0.143. The lowest BCUT2D eigenvalue weighted by Gasteiger charge is -2.04. The first-order chi connectivity index (χ1) is 7.67. The van der Waals surface area contributed by atoms with Gasteiger partial charge in [0.25, 0.3) is 0 Å². The van der Waals surface area contributed by atoms with E-state index in [4.69, 9.17) is 5.73 Å². The molecule has 0 bridgehead atoms. The van der Waals surface area contributed by atoms with Crippen molar-refractivity contribution in [1.29, 1.82) is 0 Å². The van der Waals surface area contributed by atoms with Gasteiger partial charge in [-0.15, -0.1) is 0 Å². The summed E-state index contributed by atoms with van der Waals surface area (Å²) in [6.07, 6.45) is 5.99. The molecule has 0 atom stereocenters. The summed E-state index contributed by atoms with van der Waals surface area (Å²) in [4.78, 5) is 4.39. The Morgan fingerprint density at radius 1 is 1.25 bits per heavy atom. The van der Waals surface area contributed by atoms with E-state index in [-0.39, 0.29) is 5.54 Å². The van der Waals surface area contributed by atoms with Gasteiger partial charge in [-0.25, -0.2) is 4.98 Å². The third-order valence-corrected chi connectivity index (χ3v) is 3.21. The van der Waals surface area contributed by atoms with Crippen molar-refractivity contribution in [1.82, 2.24) is 9.55 Å². The summed E-state index contributed by atoms with van der Waals surface area (Å²) in [5.41, 5.74) is 9.37. The first-order valence-corrected chi connectivity index (χ1v) is 5.58. The molecule has 1 saturated carbocycles. The zero-order chi connectivity index (χ0) is 11.2. The van der Waals surface area contributed by atoms with E-state index in [9.17, 15) is 0 Å². The van der Waals surface area contributed by atoms with E-state index in [0.29, 0.717) is 0 Å². The van der Waals surface area contributed by atoms with Crippen molar-refractivity contribution in [3.63, 3.8) is 0 Å². The fourth-order valence-corrected chi connectivity index (χ4v) is 1.83. The molecule has 1 aromatic heterocycles. The monoisotopic (exact) mass is 213 g/mol. The number of hydrogen-bond acceptors (Lipinski definition) is 2. The van der Waals surface area contributed by atoms with Crippen LogP contribution in [0.1, 0.15) is 24.1 Å². The van der Waals surface area contributed by atoms with E-state index >= 15 is 0 Å². The van der Waals surface area contributed by atoms with Gasteiger partial charge in [0.15, 0.2) is 0 Å². The average Bonchev–Trinajstić information content (AvgIpc) is 2.84. The SMILES string of the molecule is Cc1ccc(-n2cnc(C3(N)CC3)c2)cc1. The van der Waals surface area contributed by atoms with Gasteiger partial charge in [-0.1, -0.05) is 17.7 Å². The second-order valence-corrected chi connectivity index (χ2v) is 4.66. The highest BCUT2D eigenvalue weighted by molar-refractivity contribution is 5.35. The van der Waals surface area contributed by atoms with Crippen LogP contribution in [-0.4, -0.2) is 9.55 Å². The van der Waals surface area contributed by atoms with Crippen molar-refractivity contribution in [2.75, 3.05) is 0 Å². The third-order valence-electron chi connectivity index (χ3n) is 3.21. The number of aryl methyl sites for hydroxylation is 1. The summed E-state index contributed by atoms with van der Waals surface area (Å²) >= 11 is 0. The lowest BCUT2D eigenvalue weighted by molar-refractivity contribution is 0.713. The molecule has 1 aromatic carbocycles. The standard InChI is InChI=1S/C13H15N3/c1-10-2-4-11(5-3-10)16-8-12(15-9-16)13(14)6-7-13/h2-5,8-9H,6-7,14H2,1H3. The number of rotatable bonds is 2. The fourth-order valence-electron chi connectivity index (χ4n) is 1.83. The Morgan fingerprint density at radius 3 is 2.56 bits per heavy atom. The predicted octanol–water partition coefficient (Wildman–Crippen LogP) is 2.13. The number of aromatic nitrogens is 2. The van der Waals surface area contributed by atoms with E-state index in [0.717, 1.165) is 24.2 Å². The summed E-state index contributed by atoms with van der Waals surface area (Å²) in [6, 6.07) is 8.39. The second-order valence-electron chi connectivity index (χ2n) is 4.66. The maximum atomic E-state index is 6.11. The first kappa shape index (κ1) is 9.60. The molecule has 0 radical (unpaired) electrons. The zero-order valence-electron chi connectivity index (χ0n) is 9.35. The van der Waals surface area contributed by atoms with Gasteiger partial charge in [0.05, 0.1) is 17.6 Å². The van der Waals surface area contributed by atoms with Crippen LogP contribution in [0.5, 0.6) is 0 Å². The van der Waals surface area contributed by atoms with E-state index < -0.39 is 0 Å². The van der Waals surface area contributed by atoms with Crippen molar-refractivity contribution in [3.8, 4) is 5.69 Å². The van der Waals surface area contributed by atoms with Gasteiger partial charge in [-0.3, -0.25) is 0 Å². The number of nitrogens with two attached hydrogens (primary N) is 1. The Labute approximate surface area is 94.9 Å². The van der Waals surface area contributed by atoms with Crippen LogP contribution in [0.3, 0.4) is 0 Å². The Bertz CT molecular complexity index is 506. The molecule has 0 saturated heterocycles. The minimum atomic E-state index is -0.143. The van der Waals surface area contributed by atoms with Crippen LogP contribution in [0.2, 0.25) is 0 Å². The zero-order valence-corrected chi connectivity index (χ0v) is 9.35. The summed E-state index contributed by atoms with van der Waals surface area (Å²) in [5.74, 6) is 0. The highest BCUT2D eigenvalue weighted by Crippen LogP contribution is 2.41. The van der Waals surface area contributed by atoms with Gasteiger partial charge in [0.2, 0.25) is 0 Å². The van der Waals surface area contributed by atoms with Crippen LogP contribution in [0.15, 0.2) is 36.8 Å². The summed E-state index contributed by atoms with van der Waals surface area (Å²) in [7, 11) is 0. The number of benzene rings is 1. The third kappa shape index (κ3) is 1.53. The van der Waals surface area contributed by atoms with Gasteiger partial charge in [-0.2, -0.15) is 0 Å². The number of hydrogen-bond donors (Lipinski definition) is 1. The lowest BCUT2D eigenvalue weighted by atomic mass is 10.2. The van der Waals surface area contributed by atoms with Crippen LogP contribution in [0, 0.1) is 6.92 Å². The molecule has 82 valence electrons. The molecule has 3 heteroatoms. The highest BCUT2D eigenvalue weighted by atomic mass is 15.1. The summed E-state index contributed by atoms with van der Waals surface area (Å²) in [5, 5.41) is 0. The van der Waals surface area contributed by atoms with Gasteiger partial charge in [0, 0.05) is 11.9 Å². The van der Waals surface area contributed by atoms with Crippen LogP contribution >= 0.6 is 0 Å². The maximum Gasteiger partial charge on any atom is 0.0996 e. The van der Waals surface area contributed by atoms with Crippen molar-refractivity contribution < 1.29 is 0 Å². The molecule has 0 spiro atoms. The molecule has 16 heavy (non-hydrogen) atoms. The molecule has 1 heterocycles. The molecule has 2 N–H and O–H groups in total. The molecule has 1 aliphatic rings. The molecule has 1 aliphatic carbocycles. The first-order valence-electron chi connectivity index (χ1n) is 5.58.